The summed E-state index contributed by atoms with van der Waals surface area (Å²) in [5.41, 5.74) is 0.521. The van der Waals surface area contributed by atoms with Crippen molar-refractivity contribution in [3.63, 3.8) is 0 Å². The fraction of sp³-hybridized carbons (Fsp3) is 0.500. The van der Waals surface area contributed by atoms with Crippen molar-refractivity contribution in [1.29, 1.82) is 0 Å². The number of halogens is 2. The maximum atomic E-state index is 13.4. The van der Waals surface area contributed by atoms with Crippen LogP contribution in [0.1, 0.15) is 25.8 Å². The molecule has 0 heterocycles. The lowest BCUT2D eigenvalue weighted by molar-refractivity contribution is 0.148. The first-order valence-corrected chi connectivity index (χ1v) is 5.49. The molecule has 1 aromatic rings. The third-order valence-corrected chi connectivity index (χ3v) is 2.45. The van der Waals surface area contributed by atoms with Gasteiger partial charge in [0.25, 0.3) is 0 Å². The van der Waals surface area contributed by atoms with Gasteiger partial charge in [-0.1, -0.05) is 31.5 Å². The molecule has 0 aliphatic carbocycles. The van der Waals surface area contributed by atoms with E-state index in [0.717, 1.165) is 0 Å². The number of benzene rings is 1. The average Bonchev–Trinajstić information content (AvgIpc) is 2.08. The number of hydrogen-bond donors (Lipinski definition) is 1. The summed E-state index contributed by atoms with van der Waals surface area (Å²) in [4.78, 5) is 0. The Labute approximate surface area is 94.9 Å². The standard InChI is InChI=1S/C12H16ClFO/c1-8(2)5-11(15)6-9-3-4-10(13)7-12(9)14/h3-4,7-8,11,15H,5-6H2,1-2H3. The summed E-state index contributed by atoms with van der Waals surface area (Å²) < 4.78 is 13.4. The normalized spacial score (nSPS) is 13.2. The lowest BCUT2D eigenvalue weighted by Gasteiger charge is -2.13. The van der Waals surface area contributed by atoms with Gasteiger partial charge in [0.2, 0.25) is 0 Å². The third kappa shape index (κ3) is 4.18. The minimum Gasteiger partial charge on any atom is -0.393 e. The Morgan fingerprint density at radius 3 is 2.60 bits per heavy atom. The minimum absolute atomic E-state index is 0.342. The Hall–Kier alpha value is -0.600. The van der Waals surface area contributed by atoms with Crippen molar-refractivity contribution >= 4 is 11.6 Å². The summed E-state index contributed by atoms with van der Waals surface area (Å²) in [5, 5.41) is 10.1. The van der Waals surface area contributed by atoms with Crippen LogP contribution in [0.3, 0.4) is 0 Å². The minimum atomic E-state index is -0.485. The van der Waals surface area contributed by atoms with Crippen LogP contribution in [0.15, 0.2) is 18.2 Å². The Balaban J connectivity index is 2.64. The first-order valence-electron chi connectivity index (χ1n) is 5.11. The predicted molar refractivity (Wildman–Crippen MR) is 60.6 cm³/mol. The second-order valence-electron chi connectivity index (χ2n) is 4.22. The van der Waals surface area contributed by atoms with E-state index in [1.54, 1.807) is 12.1 Å². The molecule has 0 saturated carbocycles. The van der Waals surface area contributed by atoms with Crippen molar-refractivity contribution in [2.75, 3.05) is 0 Å². The molecule has 0 fully saturated rings. The number of aliphatic hydroxyl groups is 1. The molecule has 0 saturated heterocycles. The van der Waals surface area contributed by atoms with Gasteiger partial charge in [-0.3, -0.25) is 0 Å². The molecule has 1 aromatic carbocycles. The molecule has 0 spiro atoms. The monoisotopic (exact) mass is 230 g/mol. The van der Waals surface area contributed by atoms with Gasteiger partial charge < -0.3 is 5.11 Å². The fourth-order valence-corrected chi connectivity index (χ4v) is 1.73. The quantitative estimate of drug-likeness (QED) is 0.840. The van der Waals surface area contributed by atoms with Gasteiger partial charge in [-0.05, 0) is 30.0 Å². The molecule has 1 unspecified atom stereocenters. The number of hydrogen-bond acceptors (Lipinski definition) is 1. The molecule has 15 heavy (non-hydrogen) atoms. The number of aliphatic hydroxyl groups excluding tert-OH is 1. The van der Waals surface area contributed by atoms with E-state index in [0.29, 0.717) is 29.3 Å². The van der Waals surface area contributed by atoms with E-state index in [-0.39, 0.29) is 5.82 Å². The molecule has 1 atom stereocenters. The van der Waals surface area contributed by atoms with Crippen molar-refractivity contribution in [3.05, 3.63) is 34.6 Å². The van der Waals surface area contributed by atoms with Crippen LogP contribution in [-0.2, 0) is 6.42 Å². The van der Waals surface area contributed by atoms with Crippen molar-refractivity contribution in [1.82, 2.24) is 0 Å². The first-order chi connectivity index (χ1) is 6.99. The van der Waals surface area contributed by atoms with Crippen LogP contribution in [0.2, 0.25) is 5.02 Å². The van der Waals surface area contributed by atoms with E-state index in [2.05, 4.69) is 0 Å². The highest BCUT2D eigenvalue weighted by Crippen LogP contribution is 2.17. The van der Waals surface area contributed by atoms with Gasteiger partial charge in [0.1, 0.15) is 5.82 Å². The smallest absolute Gasteiger partial charge is 0.127 e. The van der Waals surface area contributed by atoms with Gasteiger partial charge in [-0.25, -0.2) is 4.39 Å². The Bertz CT molecular complexity index is 325. The molecule has 1 nitrogen and oxygen atoms in total. The van der Waals surface area contributed by atoms with Crippen LogP contribution in [-0.4, -0.2) is 11.2 Å². The van der Waals surface area contributed by atoms with Crippen molar-refractivity contribution < 1.29 is 9.50 Å². The zero-order valence-corrected chi connectivity index (χ0v) is 9.76. The van der Waals surface area contributed by atoms with Gasteiger partial charge in [0.05, 0.1) is 6.10 Å². The second-order valence-corrected chi connectivity index (χ2v) is 4.66. The van der Waals surface area contributed by atoms with Crippen LogP contribution in [0, 0.1) is 11.7 Å². The van der Waals surface area contributed by atoms with Gasteiger partial charge in [-0.2, -0.15) is 0 Å². The highest BCUT2D eigenvalue weighted by Gasteiger charge is 2.11. The number of rotatable bonds is 4. The molecule has 0 aromatic heterocycles. The zero-order valence-electron chi connectivity index (χ0n) is 9.00. The lowest BCUT2D eigenvalue weighted by Crippen LogP contribution is -2.14. The van der Waals surface area contributed by atoms with Crippen LogP contribution in [0.4, 0.5) is 4.39 Å². The lowest BCUT2D eigenvalue weighted by atomic mass is 9.99. The summed E-state index contributed by atoms with van der Waals surface area (Å²) >= 11 is 5.64. The third-order valence-electron chi connectivity index (χ3n) is 2.21. The molecule has 84 valence electrons. The summed E-state index contributed by atoms with van der Waals surface area (Å²) in [6, 6.07) is 4.54. The molecule has 1 N–H and O–H groups in total. The largest absolute Gasteiger partial charge is 0.393 e. The molecule has 1 rings (SSSR count). The average molecular weight is 231 g/mol. The highest BCUT2D eigenvalue weighted by molar-refractivity contribution is 6.30. The summed E-state index contributed by atoms with van der Waals surface area (Å²) in [6.07, 6.45) is 0.546. The topological polar surface area (TPSA) is 20.2 Å². The van der Waals surface area contributed by atoms with Gasteiger partial charge in [0.15, 0.2) is 0 Å². The van der Waals surface area contributed by atoms with Crippen molar-refractivity contribution in [2.45, 2.75) is 32.8 Å². The van der Waals surface area contributed by atoms with Gasteiger partial charge in [-0.15, -0.1) is 0 Å². The molecular formula is C12H16ClFO. The van der Waals surface area contributed by atoms with Crippen LogP contribution < -0.4 is 0 Å². The fourth-order valence-electron chi connectivity index (χ4n) is 1.57. The molecular weight excluding hydrogens is 215 g/mol. The van der Waals surface area contributed by atoms with Crippen LogP contribution >= 0.6 is 11.6 Å². The molecule has 0 radical (unpaired) electrons. The van der Waals surface area contributed by atoms with Gasteiger partial charge >= 0.3 is 0 Å². The van der Waals surface area contributed by atoms with Crippen LogP contribution in [0.25, 0.3) is 0 Å². The van der Waals surface area contributed by atoms with Crippen LogP contribution in [0.5, 0.6) is 0 Å². The maximum absolute atomic E-state index is 13.4. The first kappa shape index (κ1) is 12.5. The molecule has 0 aliphatic rings. The Morgan fingerprint density at radius 1 is 1.40 bits per heavy atom. The maximum Gasteiger partial charge on any atom is 0.127 e. The van der Waals surface area contributed by atoms with Crippen molar-refractivity contribution in [3.8, 4) is 0 Å². The van der Waals surface area contributed by atoms with Crippen molar-refractivity contribution in [2.24, 2.45) is 5.92 Å². The molecule has 0 amide bonds. The molecule has 0 aliphatic heterocycles. The highest BCUT2D eigenvalue weighted by atomic mass is 35.5. The van der Waals surface area contributed by atoms with E-state index >= 15 is 0 Å². The molecule has 0 bridgehead atoms. The van der Waals surface area contributed by atoms with E-state index in [1.165, 1.54) is 6.07 Å². The van der Waals surface area contributed by atoms with E-state index in [1.807, 2.05) is 13.8 Å². The Kier molecular flexibility index (Phi) is 4.55. The molecule has 3 heteroatoms. The summed E-state index contributed by atoms with van der Waals surface area (Å²) in [6.45, 7) is 4.06. The van der Waals surface area contributed by atoms with E-state index in [4.69, 9.17) is 11.6 Å². The predicted octanol–water partition coefficient (Wildman–Crippen LogP) is 3.43. The second kappa shape index (κ2) is 5.47. The van der Waals surface area contributed by atoms with E-state index < -0.39 is 6.10 Å². The summed E-state index contributed by atoms with van der Waals surface area (Å²) in [5.74, 6) is 0.0701. The zero-order chi connectivity index (χ0) is 11.4. The Morgan fingerprint density at radius 2 is 2.07 bits per heavy atom. The van der Waals surface area contributed by atoms with Gasteiger partial charge in [0, 0.05) is 11.4 Å². The SMILES string of the molecule is CC(C)CC(O)Cc1ccc(Cl)cc1F. The summed E-state index contributed by atoms with van der Waals surface area (Å²) in [7, 11) is 0. The van der Waals surface area contributed by atoms with E-state index in [9.17, 15) is 9.50 Å².